The van der Waals surface area contributed by atoms with E-state index >= 15 is 0 Å². The molecule has 0 aliphatic rings. The minimum Gasteiger partial charge on any atom is -0.355 e. The molecular weight excluding hydrogens is 216 g/mol. The molecule has 0 bridgehead atoms. The van der Waals surface area contributed by atoms with Crippen LogP contribution >= 0.6 is 22.7 Å². The van der Waals surface area contributed by atoms with Crippen LogP contribution in [0.25, 0.3) is 0 Å². The normalized spacial score (nSPS) is 9.64. The van der Waals surface area contributed by atoms with Gasteiger partial charge < -0.3 is 5.32 Å². The molecule has 70 valence electrons. The topological polar surface area (TPSA) is 61.6 Å². The number of thiophene rings is 1. The fraction of sp³-hybridized carbons (Fsp3) is 0.125. The molecule has 2 aromatic rings. The number of nitrogens with one attached hydrogen (secondary N) is 1. The Labute approximate surface area is 88.8 Å². The number of hydrogen-bond acceptors (Lipinski definition) is 6. The Morgan fingerprint density at radius 3 is 3.07 bits per heavy atom. The van der Waals surface area contributed by atoms with Gasteiger partial charge in [-0.1, -0.05) is 11.3 Å². The molecule has 2 heterocycles. The summed E-state index contributed by atoms with van der Waals surface area (Å²) in [4.78, 5) is 1.86. The maximum absolute atomic E-state index is 8.62. The second-order valence-corrected chi connectivity index (χ2v) is 4.48. The van der Waals surface area contributed by atoms with Crippen molar-refractivity contribution >= 4 is 27.8 Å². The third-order valence-electron chi connectivity index (χ3n) is 1.55. The fourth-order valence-corrected chi connectivity index (χ4v) is 2.13. The SMILES string of the molecule is N#Cc1ccc(CNc2nncs2)s1. The first kappa shape index (κ1) is 9.12. The summed E-state index contributed by atoms with van der Waals surface area (Å²) in [6.45, 7) is 0.696. The molecule has 2 rings (SSSR count). The number of rotatable bonds is 3. The van der Waals surface area contributed by atoms with Crippen LogP contribution < -0.4 is 5.32 Å². The van der Waals surface area contributed by atoms with Crippen LogP contribution in [0.3, 0.4) is 0 Å². The average Bonchev–Trinajstić information content (AvgIpc) is 2.86. The highest BCUT2D eigenvalue weighted by atomic mass is 32.1. The van der Waals surface area contributed by atoms with Gasteiger partial charge in [0.2, 0.25) is 5.13 Å². The van der Waals surface area contributed by atoms with Crippen LogP contribution in [0.4, 0.5) is 5.13 Å². The van der Waals surface area contributed by atoms with Gasteiger partial charge in [-0.25, -0.2) is 0 Å². The lowest BCUT2D eigenvalue weighted by Crippen LogP contribution is -1.96. The Balaban J connectivity index is 1.96. The van der Waals surface area contributed by atoms with Crippen LogP contribution in [0.2, 0.25) is 0 Å². The number of hydrogen-bond donors (Lipinski definition) is 1. The minimum absolute atomic E-state index is 0.696. The van der Waals surface area contributed by atoms with E-state index in [1.54, 1.807) is 5.51 Å². The molecule has 0 aromatic carbocycles. The second kappa shape index (κ2) is 4.17. The van der Waals surface area contributed by atoms with Crippen molar-refractivity contribution in [1.29, 1.82) is 5.26 Å². The summed E-state index contributed by atoms with van der Waals surface area (Å²) in [7, 11) is 0. The average molecular weight is 222 g/mol. The molecule has 6 heteroatoms. The molecule has 0 aliphatic carbocycles. The van der Waals surface area contributed by atoms with Crippen LogP contribution in [0.5, 0.6) is 0 Å². The summed E-state index contributed by atoms with van der Waals surface area (Å²) < 4.78 is 0. The van der Waals surface area contributed by atoms with Gasteiger partial charge in [0.05, 0.1) is 6.54 Å². The van der Waals surface area contributed by atoms with E-state index in [-0.39, 0.29) is 0 Å². The number of aromatic nitrogens is 2. The van der Waals surface area contributed by atoms with Crippen LogP contribution in [0.1, 0.15) is 9.75 Å². The summed E-state index contributed by atoms with van der Waals surface area (Å²) in [6, 6.07) is 5.87. The second-order valence-electron chi connectivity index (χ2n) is 2.48. The molecule has 4 nitrogen and oxygen atoms in total. The van der Waals surface area contributed by atoms with Crippen molar-refractivity contribution in [2.45, 2.75) is 6.54 Å². The van der Waals surface area contributed by atoms with Gasteiger partial charge in [0, 0.05) is 4.88 Å². The van der Waals surface area contributed by atoms with Gasteiger partial charge in [0.1, 0.15) is 16.5 Å². The molecule has 0 aliphatic heterocycles. The minimum atomic E-state index is 0.696. The number of anilines is 1. The summed E-state index contributed by atoms with van der Waals surface area (Å²) in [5, 5.41) is 20.1. The van der Waals surface area contributed by atoms with Gasteiger partial charge in [-0.2, -0.15) is 5.26 Å². The standard InChI is InChI=1S/C8H6N4S2/c9-3-6-1-2-7(14-6)4-10-8-12-11-5-13-8/h1-2,5H,4H2,(H,10,12). The fourth-order valence-electron chi connectivity index (χ4n) is 0.946. The highest BCUT2D eigenvalue weighted by molar-refractivity contribution is 7.13. The van der Waals surface area contributed by atoms with Crippen molar-refractivity contribution in [3.63, 3.8) is 0 Å². The summed E-state index contributed by atoms with van der Waals surface area (Å²) in [6.07, 6.45) is 0. The Bertz CT molecular complexity index is 440. The predicted octanol–water partition coefficient (Wildman–Crippen LogP) is 2.08. The Kier molecular flexibility index (Phi) is 2.72. The van der Waals surface area contributed by atoms with E-state index in [1.165, 1.54) is 22.7 Å². The molecule has 14 heavy (non-hydrogen) atoms. The number of nitrogens with zero attached hydrogens (tertiary/aromatic N) is 3. The third-order valence-corrected chi connectivity index (χ3v) is 3.18. The molecule has 0 spiro atoms. The summed E-state index contributed by atoms with van der Waals surface area (Å²) in [5.41, 5.74) is 1.68. The Morgan fingerprint density at radius 1 is 1.50 bits per heavy atom. The van der Waals surface area contributed by atoms with Crippen LogP contribution in [0.15, 0.2) is 17.6 Å². The van der Waals surface area contributed by atoms with E-state index in [2.05, 4.69) is 21.6 Å². The van der Waals surface area contributed by atoms with Gasteiger partial charge in [-0.05, 0) is 12.1 Å². The van der Waals surface area contributed by atoms with E-state index in [4.69, 9.17) is 5.26 Å². The monoisotopic (exact) mass is 222 g/mol. The van der Waals surface area contributed by atoms with Crippen LogP contribution in [-0.2, 0) is 6.54 Å². The van der Waals surface area contributed by atoms with Crippen molar-refractivity contribution in [2.24, 2.45) is 0 Å². The Morgan fingerprint density at radius 2 is 2.43 bits per heavy atom. The van der Waals surface area contributed by atoms with Crippen molar-refractivity contribution in [3.8, 4) is 6.07 Å². The van der Waals surface area contributed by atoms with Gasteiger partial charge in [-0.15, -0.1) is 21.5 Å². The maximum Gasteiger partial charge on any atom is 0.205 e. The zero-order valence-electron chi connectivity index (χ0n) is 7.10. The lowest BCUT2D eigenvalue weighted by Gasteiger charge is -1.96. The highest BCUT2D eigenvalue weighted by Crippen LogP contribution is 2.17. The Hall–Kier alpha value is -1.45. The van der Waals surface area contributed by atoms with Crippen molar-refractivity contribution in [3.05, 3.63) is 27.4 Å². The van der Waals surface area contributed by atoms with Crippen molar-refractivity contribution in [1.82, 2.24) is 10.2 Å². The first-order valence-corrected chi connectivity index (χ1v) is 5.57. The van der Waals surface area contributed by atoms with Gasteiger partial charge in [-0.3, -0.25) is 0 Å². The zero-order chi connectivity index (χ0) is 9.80. The van der Waals surface area contributed by atoms with Crippen LogP contribution in [0, 0.1) is 11.3 Å². The number of nitriles is 1. The zero-order valence-corrected chi connectivity index (χ0v) is 8.73. The molecule has 1 N–H and O–H groups in total. The van der Waals surface area contributed by atoms with E-state index in [9.17, 15) is 0 Å². The summed E-state index contributed by atoms with van der Waals surface area (Å²) in [5.74, 6) is 0. The first-order valence-electron chi connectivity index (χ1n) is 3.87. The molecule has 0 saturated heterocycles. The first-order chi connectivity index (χ1) is 6.88. The third kappa shape index (κ3) is 2.07. The van der Waals surface area contributed by atoms with Crippen molar-refractivity contribution in [2.75, 3.05) is 5.32 Å². The van der Waals surface area contributed by atoms with Crippen LogP contribution in [-0.4, -0.2) is 10.2 Å². The lowest BCUT2D eigenvalue weighted by molar-refractivity contribution is 1.06. The molecule has 0 saturated carbocycles. The molecular formula is C8H6N4S2. The van der Waals surface area contributed by atoms with E-state index in [0.717, 1.165) is 14.9 Å². The predicted molar refractivity (Wildman–Crippen MR) is 56.3 cm³/mol. The van der Waals surface area contributed by atoms with Gasteiger partial charge in [0.25, 0.3) is 0 Å². The smallest absolute Gasteiger partial charge is 0.205 e. The van der Waals surface area contributed by atoms with Crippen molar-refractivity contribution < 1.29 is 0 Å². The van der Waals surface area contributed by atoms with E-state index in [1.807, 2.05) is 12.1 Å². The lowest BCUT2D eigenvalue weighted by atomic mass is 10.4. The van der Waals surface area contributed by atoms with Gasteiger partial charge in [0.15, 0.2) is 0 Å². The van der Waals surface area contributed by atoms with E-state index < -0.39 is 0 Å². The molecule has 0 atom stereocenters. The molecule has 0 unspecified atom stereocenters. The quantitative estimate of drug-likeness (QED) is 0.863. The molecule has 2 aromatic heterocycles. The molecule has 0 radical (unpaired) electrons. The van der Waals surface area contributed by atoms with Gasteiger partial charge >= 0.3 is 0 Å². The summed E-state index contributed by atoms with van der Waals surface area (Å²) >= 11 is 2.95. The maximum atomic E-state index is 8.62. The van der Waals surface area contributed by atoms with E-state index in [0.29, 0.717) is 6.54 Å². The molecule has 0 amide bonds. The highest BCUT2D eigenvalue weighted by Gasteiger charge is 2.00. The largest absolute Gasteiger partial charge is 0.355 e. The molecule has 0 fully saturated rings.